The molecule has 128 valence electrons. The van der Waals surface area contributed by atoms with E-state index < -0.39 is 5.60 Å². The van der Waals surface area contributed by atoms with Crippen LogP contribution in [-0.2, 0) is 21.6 Å². The van der Waals surface area contributed by atoms with Gasteiger partial charge < -0.3 is 14.8 Å². The second-order valence-electron chi connectivity index (χ2n) is 5.72. The average molecular weight is 331 g/mol. The Morgan fingerprint density at radius 3 is 2.58 bits per heavy atom. The summed E-state index contributed by atoms with van der Waals surface area (Å²) in [5.74, 6) is 0.181. The van der Waals surface area contributed by atoms with Crippen molar-refractivity contribution in [3.05, 3.63) is 65.5 Å². The van der Waals surface area contributed by atoms with Crippen LogP contribution in [0.2, 0.25) is 0 Å². The molecule has 0 heterocycles. The summed E-state index contributed by atoms with van der Waals surface area (Å²) in [7, 11) is 3.08. The number of carbonyl (C=O) groups is 1. The molecule has 0 saturated carbocycles. The minimum absolute atomic E-state index is 0.164. The van der Waals surface area contributed by atoms with E-state index in [2.05, 4.69) is 5.32 Å². The van der Waals surface area contributed by atoms with Crippen molar-refractivity contribution in [3.8, 4) is 5.75 Å². The standard InChI is InChI=1S/C19H22FNO3/c1-19(24-3,16-9-4-5-10-17(16)20)13-21-18(22)12-14-7-6-8-15(11-14)23-2/h4-11H,12-13H2,1-3H3,(H,21,22)/t19-/m1/s1. The zero-order valence-electron chi connectivity index (χ0n) is 14.1. The van der Waals surface area contributed by atoms with Crippen LogP contribution in [-0.4, -0.2) is 26.7 Å². The fourth-order valence-corrected chi connectivity index (χ4v) is 2.47. The molecule has 0 aliphatic rings. The SMILES string of the molecule is COc1cccc(CC(=O)NC[C@@](C)(OC)c2ccccc2F)c1. The Morgan fingerprint density at radius 2 is 1.92 bits per heavy atom. The quantitative estimate of drug-likeness (QED) is 0.848. The Labute approximate surface area is 141 Å². The van der Waals surface area contributed by atoms with Gasteiger partial charge >= 0.3 is 0 Å². The molecular formula is C19H22FNO3. The van der Waals surface area contributed by atoms with E-state index in [0.717, 1.165) is 5.56 Å². The summed E-state index contributed by atoms with van der Waals surface area (Å²) in [5.41, 5.74) is 0.320. The van der Waals surface area contributed by atoms with Crippen LogP contribution in [0.5, 0.6) is 5.75 Å². The van der Waals surface area contributed by atoms with E-state index >= 15 is 0 Å². The molecule has 4 nitrogen and oxygen atoms in total. The molecule has 0 spiro atoms. The van der Waals surface area contributed by atoms with Crippen molar-refractivity contribution in [2.75, 3.05) is 20.8 Å². The lowest BCUT2D eigenvalue weighted by Crippen LogP contribution is -2.41. The number of benzene rings is 2. The lowest BCUT2D eigenvalue weighted by molar-refractivity contribution is -0.122. The molecular weight excluding hydrogens is 309 g/mol. The summed E-state index contributed by atoms with van der Waals surface area (Å²) in [5, 5.41) is 2.81. The van der Waals surface area contributed by atoms with Crippen LogP contribution in [0.3, 0.4) is 0 Å². The van der Waals surface area contributed by atoms with Gasteiger partial charge in [-0.2, -0.15) is 0 Å². The van der Waals surface area contributed by atoms with Gasteiger partial charge in [-0.3, -0.25) is 4.79 Å². The second-order valence-corrected chi connectivity index (χ2v) is 5.72. The number of methoxy groups -OCH3 is 2. The maximum atomic E-state index is 14.0. The maximum Gasteiger partial charge on any atom is 0.224 e. The van der Waals surface area contributed by atoms with Gasteiger partial charge in [-0.15, -0.1) is 0 Å². The minimum atomic E-state index is -0.935. The van der Waals surface area contributed by atoms with E-state index in [1.165, 1.54) is 13.2 Å². The fraction of sp³-hybridized carbons (Fsp3) is 0.316. The molecule has 0 unspecified atom stereocenters. The van der Waals surface area contributed by atoms with Gasteiger partial charge in [0.2, 0.25) is 5.91 Å². The van der Waals surface area contributed by atoms with Crippen LogP contribution in [0.4, 0.5) is 4.39 Å². The van der Waals surface area contributed by atoms with E-state index in [-0.39, 0.29) is 24.7 Å². The molecule has 0 saturated heterocycles. The zero-order chi connectivity index (χ0) is 17.6. The molecule has 0 bridgehead atoms. The molecule has 0 aliphatic heterocycles. The van der Waals surface area contributed by atoms with Gasteiger partial charge in [-0.05, 0) is 30.7 Å². The molecule has 2 aromatic rings. The fourth-order valence-electron chi connectivity index (χ4n) is 2.47. The molecule has 0 aromatic heterocycles. The summed E-state index contributed by atoms with van der Waals surface area (Å²) < 4.78 is 24.6. The topological polar surface area (TPSA) is 47.6 Å². The van der Waals surface area contributed by atoms with Crippen molar-refractivity contribution >= 4 is 5.91 Å². The van der Waals surface area contributed by atoms with Gasteiger partial charge in [0.05, 0.1) is 20.1 Å². The molecule has 5 heteroatoms. The molecule has 24 heavy (non-hydrogen) atoms. The second kappa shape index (κ2) is 7.93. The van der Waals surface area contributed by atoms with Crippen LogP contribution in [0.15, 0.2) is 48.5 Å². The van der Waals surface area contributed by atoms with Gasteiger partial charge in [-0.1, -0.05) is 30.3 Å². The smallest absolute Gasteiger partial charge is 0.224 e. The molecule has 1 N–H and O–H groups in total. The van der Waals surface area contributed by atoms with Gasteiger partial charge in [-0.25, -0.2) is 4.39 Å². The number of ether oxygens (including phenoxy) is 2. The summed E-state index contributed by atoms with van der Waals surface area (Å²) in [6, 6.07) is 13.7. The summed E-state index contributed by atoms with van der Waals surface area (Å²) in [6.45, 7) is 1.92. The predicted octanol–water partition coefficient (Wildman–Crippen LogP) is 3.05. The van der Waals surface area contributed by atoms with E-state index in [9.17, 15) is 9.18 Å². The largest absolute Gasteiger partial charge is 0.497 e. The van der Waals surface area contributed by atoms with Crippen LogP contribution < -0.4 is 10.1 Å². The number of hydrogen-bond donors (Lipinski definition) is 1. The van der Waals surface area contributed by atoms with Crippen molar-refractivity contribution in [3.63, 3.8) is 0 Å². The van der Waals surface area contributed by atoms with Crippen molar-refractivity contribution < 1.29 is 18.7 Å². The van der Waals surface area contributed by atoms with Gasteiger partial charge in [0, 0.05) is 12.7 Å². The van der Waals surface area contributed by atoms with Crippen LogP contribution in [0.25, 0.3) is 0 Å². The highest BCUT2D eigenvalue weighted by Crippen LogP contribution is 2.26. The number of rotatable bonds is 7. The molecule has 1 amide bonds. The Balaban J connectivity index is 2.02. The third-order valence-electron chi connectivity index (χ3n) is 4.02. The first-order chi connectivity index (χ1) is 11.5. The van der Waals surface area contributed by atoms with E-state index in [4.69, 9.17) is 9.47 Å². The highest BCUT2D eigenvalue weighted by molar-refractivity contribution is 5.78. The normalized spacial score (nSPS) is 13.2. The Kier molecular flexibility index (Phi) is 5.93. The van der Waals surface area contributed by atoms with Crippen LogP contribution in [0.1, 0.15) is 18.1 Å². The third-order valence-corrected chi connectivity index (χ3v) is 4.02. The first kappa shape index (κ1) is 17.9. The Bertz CT molecular complexity index is 705. The number of amides is 1. The summed E-state index contributed by atoms with van der Waals surface area (Å²) >= 11 is 0. The molecule has 1 atom stereocenters. The first-order valence-electron chi connectivity index (χ1n) is 7.68. The molecule has 2 rings (SSSR count). The maximum absolute atomic E-state index is 14.0. The van der Waals surface area contributed by atoms with Gasteiger partial charge in [0.1, 0.15) is 17.2 Å². The van der Waals surface area contributed by atoms with E-state index in [0.29, 0.717) is 11.3 Å². The molecule has 0 fully saturated rings. The van der Waals surface area contributed by atoms with Crippen molar-refractivity contribution in [2.45, 2.75) is 18.9 Å². The lowest BCUT2D eigenvalue weighted by Gasteiger charge is -2.29. The van der Waals surface area contributed by atoms with Crippen LogP contribution >= 0.6 is 0 Å². The van der Waals surface area contributed by atoms with Crippen molar-refractivity contribution in [1.29, 1.82) is 0 Å². The number of nitrogens with one attached hydrogen (secondary N) is 1. The lowest BCUT2D eigenvalue weighted by atomic mass is 9.95. The number of hydrogen-bond acceptors (Lipinski definition) is 3. The molecule has 0 aliphatic carbocycles. The van der Waals surface area contributed by atoms with Gasteiger partial charge in [0.15, 0.2) is 0 Å². The van der Waals surface area contributed by atoms with Crippen LogP contribution in [0, 0.1) is 5.82 Å². The highest BCUT2D eigenvalue weighted by Gasteiger charge is 2.29. The summed E-state index contributed by atoms with van der Waals surface area (Å²) in [4.78, 5) is 12.2. The molecule has 2 aromatic carbocycles. The van der Waals surface area contributed by atoms with Gasteiger partial charge in [0.25, 0.3) is 0 Å². The minimum Gasteiger partial charge on any atom is -0.497 e. The first-order valence-corrected chi connectivity index (χ1v) is 7.68. The third kappa shape index (κ3) is 4.32. The predicted molar refractivity (Wildman–Crippen MR) is 90.5 cm³/mol. The Hall–Kier alpha value is -2.40. The van der Waals surface area contributed by atoms with Crippen molar-refractivity contribution in [2.24, 2.45) is 0 Å². The average Bonchev–Trinajstić information content (AvgIpc) is 2.60. The highest BCUT2D eigenvalue weighted by atomic mass is 19.1. The number of carbonyl (C=O) groups excluding carboxylic acids is 1. The Morgan fingerprint density at radius 1 is 1.17 bits per heavy atom. The molecule has 0 radical (unpaired) electrons. The number of halogens is 1. The zero-order valence-corrected chi connectivity index (χ0v) is 14.1. The summed E-state index contributed by atoms with van der Waals surface area (Å²) in [6.07, 6.45) is 0.217. The van der Waals surface area contributed by atoms with Crippen molar-refractivity contribution in [1.82, 2.24) is 5.32 Å². The van der Waals surface area contributed by atoms with E-state index in [1.807, 2.05) is 24.3 Å². The van der Waals surface area contributed by atoms with E-state index in [1.54, 1.807) is 32.2 Å². The monoisotopic (exact) mass is 331 g/mol.